The number of hydrogen-bond acceptors (Lipinski definition) is 4. The number of rotatable bonds is 8. The third-order valence-electron chi connectivity index (χ3n) is 2.20. The second-order valence-electron chi connectivity index (χ2n) is 3.68. The van der Waals surface area contributed by atoms with E-state index in [2.05, 4.69) is 5.32 Å². The van der Waals surface area contributed by atoms with Crippen LogP contribution >= 0.6 is 11.3 Å². The lowest BCUT2D eigenvalue weighted by Gasteiger charge is -2.03. The van der Waals surface area contributed by atoms with E-state index in [1.807, 2.05) is 6.92 Å². The molecule has 19 heavy (non-hydrogen) atoms. The molecule has 0 bridgehead atoms. The number of carbonyl (C=O) groups is 2. The lowest BCUT2D eigenvalue weighted by Crippen LogP contribution is -2.24. The van der Waals surface area contributed by atoms with Crippen LogP contribution in [-0.2, 0) is 9.53 Å². The average Bonchev–Trinajstić information content (AvgIpc) is 2.84. The van der Waals surface area contributed by atoms with Crippen LogP contribution in [0, 0.1) is 0 Å². The topological polar surface area (TPSA) is 75.6 Å². The van der Waals surface area contributed by atoms with Gasteiger partial charge in [-0.05, 0) is 31.6 Å². The number of nitrogens with one attached hydrogen (secondary N) is 1. The summed E-state index contributed by atoms with van der Waals surface area (Å²) in [4.78, 5) is 23.4. The van der Waals surface area contributed by atoms with Crippen LogP contribution in [0.15, 0.2) is 18.2 Å². The highest BCUT2D eigenvalue weighted by molar-refractivity contribution is 7.14. The Morgan fingerprint density at radius 3 is 2.95 bits per heavy atom. The second kappa shape index (κ2) is 8.44. The summed E-state index contributed by atoms with van der Waals surface area (Å²) >= 11 is 1.26. The summed E-state index contributed by atoms with van der Waals surface area (Å²) in [7, 11) is 0. The van der Waals surface area contributed by atoms with Gasteiger partial charge in [0.15, 0.2) is 0 Å². The minimum absolute atomic E-state index is 0.142. The number of hydrogen-bond donors (Lipinski definition) is 2. The Kier molecular flexibility index (Phi) is 6.84. The fraction of sp³-hybridized carbons (Fsp3) is 0.385. The molecule has 1 amide bonds. The van der Waals surface area contributed by atoms with Gasteiger partial charge in [0.1, 0.15) is 0 Å². The summed E-state index contributed by atoms with van der Waals surface area (Å²) in [6, 6.07) is 3.41. The van der Waals surface area contributed by atoms with Crippen molar-refractivity contribution in [3.63, 3.8) is 0 Å². The molecule has 0 saturated heterocycles. The summed E-state index contributed by atoms with van der Waals surface area (Å²) in [5, 5.41) is 11.3. The summed E-state index contributed by atoms with van der Waals surface area (Å²) in [6.07, 6.45) is 3.30. The summed E-state index contributed by atoms with van der Waals surface area (Å²) in [5.41, 5.74) is 0. The Labute approximate surface area is 115 Å². The molecule has 0 aromatic carbocycles. The Hall–Kier alpha value is -1.66. The van der Waals surface area contributed by atoms with E-state index in [0.717, 1.165) is 17.4 Å². The molecule has 1 heterocycles. The SMILES string of the molecule is CCOCCCNC(=O)c1ccc(C=CC(=O)O)s1. The second-order valence-corrected chi connectivity index (χ2v) is 4.80. The molecule has 1 rings (SSSR count). The lowest BCUT2D eigenvalue weighted by molar-refractivity contribution is -0.131. The van der Waals surface area contributed by atoms with E-state index >= 15 is 0 Å². The number of thiophene rings is 1. The van der Waals surface area contributed by atoms with Crippen LogP contribution in [0.5, 0.6) is 0 Å². The van der Waals surface area contributed by atoms with E-state index in [1.54, 1.807) is 12.1 Å². The third-order valence-corrected chi connectivity index (χ3v) is 3.25. The summed E-state index contributed by atoms with van der Waals surface area (Å²) in [5.74, 6) is -1.15. The van der Waals surface area contributed by atoms with Crippen LogP contribution in [0.2, 0.25) is 0 Å². The molecule has 0 spiro atoms. The molecule has 2 N–H and O–H groups in total. The lowest BCUT2D eigenvalue weighted by atomic mass is 10.3. The van der Waals surface area contributed by atoms with Gasteiger partial charge in [-0.2, -0.15) is 0 Å². The molecule has 0 unspecified atom stereocenters. The number of aliphatic carboxylic acids is 1. The largest absolute Gasteiger partial charge is 0.478 e. The van der Waals surface area contributed by atoms with Gasteiger partial charge in [-0.1, -0.05) is 0 Å². The highest BCUT2D eigenvalue weighted by Gasteiger charge is 2.07. The molecule has 0 aliphatic heterocycles. The maximum atomic E-state index is 11.7. The van der Waals surface area contributed by atoms with Gasteiger partial charge < -0.3 is 15.2 Å². The summed E-state index contributed by atoms with van der Waals surface area (Å²) in [6.45, 7) is 3.80. The molecule has 0 radical (unpaired) electrons. The molecular formula is C13H17NO4S. The van der Waals surface area contributed by atoms with Crippen LogP contribution in [0.4, 0.5) is 0 Å². The van der Waals surface area contributed by atoms with Gasteiger partial charge in [0, 0.05) is 30.7 Å². The maximum absolute atomic E-state index is 11.7. The number of carbonyl (C=O) groups excluding carboxylic acids is 1. The van der Waals surface area contributed by atoms with Crippen molar-refractivity contribution >= 4 is 29.3 Å². The molecule has 0 aliphatic carbocycles. The highest BCUT2D eigenvalue weighted by Crippen LogP contribution is 2.17. The van der Waals surface area contributed by atoms with Gasteiger partial charge in [-0.15, -0.1) is 11.3 Å². The smallest absolute Gasteiger partial charge is 0.328 e. The van der Waals surface area contributed by atoms with Crippen molar-refractivity contribution in [2.24, 2.45) is 0 Å². The first-order valence-corrected chi connectivity index (χ1v) is 6.82. The zero-order chi connectivity index (χ0) is 14.1. The first kappa shape index (κ1) is 15.4. The van der Waals surface area contributed by atoms with Gasteiger partial charge in [-0.3, -0.25) is 4.79 Å². The minimum atomic E-state index is -1.00. The van der Waals surface area contributed by atoms with E-state index in [0.29, 0.717) is 24.6 Å². The Bertz CT molecular complexity index is 453. The maximum Gasteiger partial charge on any atom is 0.328 e. The van der Waals surface area contributed by atoms with Crippen LogP contribution in [-0.4, -0.2) is 36.7 Å². The number of amides is 1. The van der Waals surface area contributed by atoms with Crippen molar-refractivity contribution in [1.29, 1.82) is 0 Å². The fourth-order valence-corrected chi connectivity index (χ4v) is 2.15. The minimum Gasteiger partial charge on any atom is -0.478 e. The fourth-order valence-electron chi connectivity index (χ4n) is 1.33. The molecule has 1 aromatic rings. The molecule has 1 aromatic heterocycles. The molecular weight excluding hydrogens is 266 g/mol. The van der Waals surface area contributed by atoms with Crippen molar-refractivity contribution in [3.05, 3.63) is 28.0 Å². The quantitative estimate of drug-likeness (QED) is 0.565. The Balaban J connectivity index is 2.38. The van der Waals surface area contributed by atoms with Crippen molar-refractivity contribution < 1.29 is 19.4 Å². The molecule has 0 aliphatic rings. The van der Waals surface area contributed by atoms with Crippen LogP contribution in [0.3, 0.4) is 0 Å². The van der Waals surface area contributed by atoms with Crippen molar-refractivity contribution in [2.45, 2.75) is 13.3 Å². The molecule has 6 heteroatoms. The van der Waals surface area contributed by atoms with Gasteiger partial charge in [-0.25, -0.2) is 4.79 Å². The van der Waals surface area contributed by atoms with Crippen LogP contribution < -0.4 is 5.32 Å². The van der Waals surface area contributed by atoms with Gasteiger partial charge >= 0.3 is 5.97 Å². The zero-order valence-electron chi connectivity index (χ0n) is 10.7. The Morgan fingerprint density at radius 1 is 1.47 bits per heavy atom. The van der Waals surface area contributed by atoms with E-state index in [9.17, 15) is 9.59 Å². The van der Waals surface area contributed by atoms with Crippen LogP contribution in [0.1, 0.15) is 27.9 Å². The normalized spacial score (nSPS) is 10.8. The standard InChI is InChI=1S/C13H17NO4S/c1-2-18-9-3-8-14-13(17)11-6-4-10(19-11)5-7-12(15)16/h4-7H,2-3,8-9H2,1H3,(H,14,17)(H,15,16). The summed E-state index contributed by atoms with van der Waals surface area (Å²) < 4.78 is 5.17. The first-order valence-electron chi connectivity index (χ1n) is 6.00. The van der Waals surface area contributed by atoms with Crippen molar-refractivity contribution in [2.75, 3.05) is 19.8 Å². The zero-order valence-corrected chi connectivity index (χ0v) is 11.5. The average molecular weight is 283 g/mol. The highest BCUT2D eigenvalue weighted by atomic mass is 32.1. The monoisotopic (exact) mass is 283 g/mol. The molecule has 0 fully saturated rings. The Morgan fingerprint density at radius 2 is 2.26 bits per heavy atom. The predicted molar refractivity (Wildman–Crippen MR) is 74.4 cm³/mol. The molecule has 0 saturated carbocycles. The number of carboxylic acid groups (broad SMARTS) is 1. The van der Waals surface area contributed by atoms with Crippen molar-refractivity contribution in [1.82, 2.24) is 5.32 Å². The van der Waals surface area contributed by atoms with E-state index in [4.69, 9.17) is 9.84 Å². The number of carboxylic acids is 1. The van der Waals surface area contributed by atoms with E-state index in [-0.39, 0.29) is 5.91 Å². The first-order chi connectivity index (χ1) is 9.13. The van der Waals surface area contributed by atoms with Gasteiger partial charge in [0.05, 0.1) is 4.88 Å². The predicted octanol–water partition coefficient (Wildman–Crippen LogP) is 2.00. The van der Waals surface area contributed by atoms with Gasteiger partial charge in [0.25, 0.3) is 5.91 Å². The molecule has 0 atom stereocenters. The third kappa shape index (κ3) is 6.17. The number of ether oxygens (including phenoxy) is 1. The van der Waals surface area contributed by atoms with E-state index in [1.165, 1.54) is 17.4 Å². The van der Waals surface area contributed by atoms with Gasteiger partial charge in [0.2, 0.25) is 0 Å². The molecule has 5 nitrogen and oxygen atoms in total. The van der Waals surface area contributed by atoms with Crippen LogP contribution in [0.25, 0.3) is 6.08 Å². The molecule has 104 valence electrons. The van der Waals surface area contributed by atoms with E-state index < -0.39 is 5.97 Å². The van der Waals surface area contributed by atoms with Crippen molar-refractivity contribution in [3.8, 4) is 0 Å².